The van der Waals surface area contributed by atoms with Crippen LogP contribution in [-0.2, 0) is 11.3 Å². The summed E-state index contributed by atoms with van der Waals surface area (Å²) in [7, 11) is 0. The van der Waals surface area contributed by atoms with E-state index < -0.39 is 5.97 Å². The highest BCUT2D eigenvalue weighted by Crippen LogP contribution is 2.27. The standard InChI is InChI=1S/C12H11NO2S2/c1-2-7-13-9-5-3-4-6-10(9)17-12(13)16-8-11(14)15/h2-6H,1,7-8H2/p+1. The molecule has 0 aliphatic carbocycles. The Morgan fingerprint density at radius 2 is 2.29 bits per heavy atom. The highest BCUT2D eigenvalue weighted by molar-refractivity contribution is 8.01. The fourth-order valence-corrected chi connectivity index (χ4v) is 3.70. The fourth-order valence-electron chi connectivity index (χ4n) is 1.55. The highest BCUT2D eigenvalue weighted by Gasteiger charge is 2.20. The maximum atomic E-state index is 10.6. The van der Waals surface area contributed by atoms with E-state index in [0.29, 0.717) is 6.54 Å². The monoisotopic (exact) mass is 266 g/mol. The summed E-state index contributed by atoms with van der Waals surface area (Å²) in [4.78, 5) is 10.6. The number of carboxylic acids is 1. The van der Waals surface area contributed by atoms with Crippen LogP contribution in [0.5, 0.6) is 0 Å². The summed E-state index contributed by atoms with van der Waals surface area (Å²) >= 11 is 2.98. The molecule has 3 nitrogen and oxygen atoms in total. The number of hydrogen-bond donors (Lipinski definition) is 1. The Kier molecular flexibility index (Phi) is 3.81. The molecule has 5 heteroatoms. The minimum Gasteiger partial charge on any atom is -0.481 e. The minimum absolute atomic E-state index is 0.0873. The van der Waals surface area contributed by atoms with Gasteiger partial charge in [0.2, 0.25) is 5.52 Å². The number of hydrogen-bond acceptors (Lipinski definition) is 3. The zero-order valence-electron chi connectivity index (χ0n) is 9.13. The summed E-state index contributed by atoms with van der Waals surface area (Å²) < 4.78 is 4.27. The van der Waals surface area contributed by atoms with Crippen LogP contribution in [-0.4, -0.2) is 16.8 Å². The molecule has 0 saturated carbocycles. The SMILES string of the molecule is C=CC[n+]1c(SCC(=O)O)sc2ccccc21. The molecule has 0 amide bonds. The molecule has 0 unspecified atom stereocenters. The first kappa shape index (κ1) is 12.1. The van der Waals surface area contributed by atoms with E-state index in [0.717, 1.165) is 9.86 Å². The van der Waals surface area contributed by atoms with Crippen LogP contribution >= 0.6 is 23.1 Å². The van der Waals surface area contributed by atoms with Crippen LogP contribution in [0.3, 0.4) is 0 Å². The number of para-hydroxylation sites is 1. The molecule has 1 N–H and O–H groups in total. The maximum Gasteiger partial charge on any atom is 0.314 e. The Balaban J connectivity index is 2.41. The van der Waals surface area contributed by atoms with Crippen LogP contribution in [0, 0.1) is 0 Å². The Morgan fingerprint density at radius 3 is 3.00 bits per heavy atom. The molecule has 0 atom stereocenters. The smallest absolute Gasteiger partial charge is 0.314 e. The van der Waals surface area contributed by atoms with Gasteiger partial charge in [-0.05, 0) is 23.9 Å². The fraction of sp³-hybridized carbons (Fsp3) is 0.167. The zero-order chi connectivity index (χ0) is 12.3. The summed E-state index contributed by atoms with van der Waals surface area (Å²) in [5.74, 6) is -0.707. The molecular weight excluding hydrogens is 254 g/mol. The van der Waals surface area contributed by atoms with Crippen LogP contribution in [0.15, 0.2) is 41.3 Å². The lowest BCUT2D eigenvalue weighted by Gasteiger charge is -1.94. The van der Waals surface area contributed by atoms with Crippen LogP contribution < -0.4 is 4.57 Å². The van der Waals surface area contributed by atoms with Gasteiger partial charge in [-0.3, -0.25) is 4.79 Å². The number of aliphatic carboxylic acids is 1. The zero-order valence-corrected chi connectivity index (χ0v) is 10.8. The first-order valence-electron chi connectivity index (χ1n) is 5.09. The summed E-state index contributed by atoms with van der Waals surface area (Å²) in [6.45, 7) is 4.44. The van der Waals surface area contributed by atoms with E-state index in [1.165, 1.54) is 16.5 Å². The predicted octanol–water partition coefficient (Wildman–Crippen LogP) is 2.55. The van der Waals surface area contributed by atoms with Gasteiger partial charge in [-0.1, -0.05) is 30.0 Å². The van der Waals surface area contributed by atoms with Crippen molar-refractivity contribution in [1.29, 1.82) is 0 Å². The third-order valence-corrected chi connectivity index (χ3v) is 4.63. The van der Waals surface area contributed by atoms with Crippen molar-refractivity contribution in [1.82, 2.24) is 0 Å². The second-order valence-electron chi connectivity index (χ2n) is 3.42. The predicted molar refractivity (Wildman–Crippen MR) is 70.6 cm³/mol. The molecule has 0 radical (unpaired) electrons. The van der Waals surface area contributed by atoms with E-state index in [-0.39, 0.29) is 5.75 Å². The Bertz CT molecular complexity index is 563. The molecule has 0 aliphatic rings. The molecule has 2 rings (SSSR count). The molecule has 0 saturated heterocycles. The van der Waals surface area contributed by atoms with E-state index in [4.69, 9.17) is 5.11 Å². The number of thioether (sulfide) groups is 1. The molecule has 88 valence electrons. The lowest BCUT2D eigenvalue weighted by atomic mass is 10.3. The third kappa shape index (κ3) is 2.68. The molecule has 1 aromatic heterocycles. The Morgan fingerprint density at radius 1 is 1.53 bits per heavy atom. The Hall–Kier alpha value is -1.33. The molecule has 1 aromatic carbocycles. The molecule has 2 aromatic rings. The highest BCUT2D eigenvalue weighted by atomic mass is 32.2. The molecule has 0 bridgehead atoms. The van der Waals surface area contributed by atoms with Gasteiger partial charge in [0.1, 0.15) is 10.5 Å². The van der Waals surface area contributed by atoms with Crippen molar-refractivity contribution >= 4 is 39.3 Å². The van der Waals surface area contributed by atoms with Crippen molar-refractivity contribution in [2.24, 2.45) is 0 Å². The average molecular weight is 266 g/mol. The molecule has 0 spiro atoms. The Labute approximate surface area is 107 Å². The van der Waals surface area contributed by atoms with Crippen molar-refractivity contribution in [2.45, 2.75) is 10.9 Å². The number of carboxylic acid groups (broad SMARTS) is 1. The van der Waals surface area contributed by atoms with E-state index >= 15 is 0 Å². The number of benzene rings is 1. The molecule has 1 heterocycles. The number of allylic oxidation sites excluding steroid dienone is 1. The molecule has 17 heavy (non-hydrogen) atoms. The number of aromatic nitrogens is 1. The van der Waals surface area contributed by atoms with Gasteiger partial charge in [0, 0.05) is 6.07 Å². The number of thiazole rings is 1. The van der Waals surface area contributed by atoms with E-state index in [1.807, 2.05) is 30.3 Å². The summed E-state index contributed by atoms with van der Waals surface area (Å²) in [6.07, 6.45) is 1.82. The van der Waals surface area contributed by atoms with Gasteiger partial charge in [-0.2, -0.15) is 4.57 Å². The van der Waals surface area contributed by atoms with Crippen molar-refractivity contribution in [3.63, 3.8) is 0 Å². The minimum atomic E-state index is -0.794. The van der Waals surface area contributed by atoms with Gasteiger partial charge in [0.05, 0.1) is 0 Å². The number of nitrogens with zero attached hydrogens (tertiary/aromatic N) is 1. The van der Waals surface area contributed by atoms with Gasteiger partial charge >= 0.3 is 5.97 Å². The first-order valence-corrected chi connectivity index (χ1v) is 6.89. The largest absolute Gasteiger partial charge is 0.481 e. The van der Waals surface area contributed by atoms with Crippen molar-refractivity contribution in [3.8, 4) is 0 Å². The van der Waals surface area contributed by atoms with Gasteiger partial charge < -0.3 is 5.11 Å². The average Bonchev–Trinajstić information content (AvgIpc) is 2.66. The van der Waals surface area contributed by atoms with Crippen LogP contribution in [0.1, 0.15) is 0 Å². The topological polar surface area (TPSA) is 41.2 Å². The van der Waals surface area contributed by atoms with Gasteiger partial charge in [0.25, 0.3) is 4.34 Å². The lowest BCUT2D eigenvalue weighted by Crippen LogP contribution is -2.33. The first-order chi connectivity index (χ1) is 8.22. The quantitative estimate of drug-likeness (QED) is 0.514. The lowest BCUT2D eigenvalue weighted by molar-refractivity contribution is -0.692. The molecule has 0 fully saturated rings. The second kappa shape index (κ2) is 5.33. The van der Waals surface area contributed by atoms with Gasteiger partial charge in [-0.25, -0.2) is 0 Å². The summed E-state index contributed by atoms with van der Waals surface area (Å²) in [5.41, 5.74) is 1.13. The van der Waals surface area contributed by atoms with Crippen LogP contribution in [0.2, 0.25) is 0 Å². The van der Waals surface area contributed by atoms with Crippen molar-refractivity contribution in [2.75, 3.05) is 5.75 Å². The second-order valence-corrected chi connectivity index (χ2v) is 5.67. The van der Waals surface area contributed by atoms with Crippen molar-refractivity contribution in [3.05, 3.63) is 36.9 Å². The van der Waals surface area contributed by atoms with Crippen molar-refractivity contribution < 1.29 is 14.5 Å². The van der Waals surface area contributed by atoms with E-state index in [2.05, 4.69) is 11.1 Å². The number of fused-ring (bicyclic) bond motifs is 1. The summed E-state index contributed by atoms with van der Waals surface area (Å²) in [5, 5.41) is 8.72. The molecule has 0 aliphatic heterocycles. The summed E-state index contributed by atoms with van der Waals surface area (Å²) in [6, 6.07) is 8.06. The maximum absolute atomic E-state index is 10.6. The molecular formula is C12H12NO2S2+. The van der Waals surface area contributed by atoms with Crippen LogP contribution in [0.4, 0.5) is 0 Å². The van der Waals surface area contributed by atoms with E-state index in [1.54, 1.807) is 11.3 Å². The van der Waals surface area contributed by atoms with Gasteiger partial charge in [0.15, 0.2) is 6.54 Å². The normalized spacial score (nSPS) is 10.6. The number of rotatable bonds is 5. The van der Waals surface area contributed by atoms with E-state index in [9.17, 15) is 4.79 Å². The number of carbonyl (C=O) groups is 1. The van der Waals surface area contributed by atoms with Gasteiger partial charge in [-0.15, -0.1) is 0 Å². The third-order valence-electron chi connectivity index (χ3n) is 2.20. The van der Waals surface area contributed by atoms with Crippen LogP contribution in [0.25, 0.3) is 10.2 Å².